The smallest absolute Gasteiger partial charge is 0.160 e. The average molecular weight is 1880 g/mol. The molecule has 0 N–H and O–H groups in total. The summed E-state index contributed by atoms with van der Waals surface area (Å²) in [5.74, 6) is 2.16. The quantitative estimate of drug-likeness (QED) is 0.102. The van der Waals surface area contributed by atoms with Gasteiger partial charge in [-0.2, -0.15) is 0 Å². The first kappa shape index (κ1) is 90.0. The fourth-order valence-electron chi connectivity index (χ4n) is 22.3. The molecule has 0 unspecified atom stereocenters. The number of hydrogen-bond donors (Lipinski definition) is 0. The highest BCUT2D eigenvalue weighted by Gasteiger charge is 2.40. The number of fused-ring (bicyclic) bond motifs is 13. The van der Waals surface area contributed by atoms with E-state index in [1.807, 2.05) is 60.7 Å². The predicted molar refractivity (Wildman–Crippen MR) is 613 cm³/mol. The Labute approximate surface area is 858 Å². The summed E-state index contributed by atoms with van der Waals surface area (Å²) in [5, 5.41) is 7.80. The third-order valence-corrected chi connectivity index (χ3v) is 30.2. The van der Waals surface area contributed by atoms with Gasteiger partial charge in [-0.15, -0.1) is 0 Å². The van der Waals surface area contributed by atoms with E-state index in [1.165, 1.54) is 144 Å². The van der Waals surface area contributed by atoms with Crippen molar-refractivity contribution in [2.45, 2.75) is 57.8 Å². The first-order valence-corrected chi connectivity index (χ1v) is 50.7. The lowest BCUT2D eigenvalue weighted by atomic mass is 9.81. The van der Waals surface area contributed by atoms with Crippen LogP contribution in [0.15, 0.2) is 510 Å². The van der Waals surface area contributed by atoms with Crippen molar-refractivity contribution in [2.75, 3.05) is 0 Å². The molecule has 0 saturated carbocycles. The average Bonchev–Trinajstić information content (AvgIpc) is 1.57. The Kier molecular flexibility index (Phi) is 22.9. The standard InChI is InChI=1S/3C47H34N2/c1-47(2)41-26-24-31-13-9-10-22-39(31)45(41)40-25-23-37(29-42(40)47)35-19-11-18-34(27-35)36-20-12-21-38(28-36)44-30-43(32-14-5-3-6-15-32)48-46(49-44)33-16-7-4-8-17-33;1-47(2)42-29-38(23-24-40(42)41-27-36-17-9-10-18-37(36)28-43(41)47)34-20-11-19-33(25-34)35-21-12-22-39(26-35)45-30-44(31-13-5-3-6-14-31)48-46(49-45)32-15-7-4-8-16-32;1-47(2)42-29-38(23-24-40(42)41-27-36-17-9-10-18-37(36)28-43(41)47)34-20-11-19-33(25-34)35-21-12-22-39(26-35)46-48-44(31-13-5-3-6-14-31)30-45(49-46)32-15-7-4-8-16-32/h3*3-30H,1-2H3. The molecule has 21 aromatic carbocycles. The molecule has 6 heteroatoms. The lowest BCUT2D eigenvalue weighted by molar-refractivity contribution is 0.661. The Morgan fingerprint density at radius 2 is 0.354 bits per heavy atom. The van der Waals surface area contributed by atoms with Gasteiger partial charge in [-0.3, -0.25) is 0 Å². The van der Waals surface area contributed by atoms with Crippen LogP contribution in [-0.2, 0) is 16.2 Å². The summed E-state index contributed by atoms with van der Waals surface area (Å²) in [5.41, 5.74) is 45.3. The second-order valence-electron chi connectivity index (χ2n) is 40.4. The third-order valence-electron chi connectivity index (χ3n) is 30.2. The molecule has 0 atom stereocenters. The number of rotatable bonds is 15. The van der Waals surface area contributed by atoms with E-state index >= 15 is 0 Å². The van der Waals surface area contributed by atoms with Crippen molar-refractivity contribution in [3.8, 4) is 202 Å². The van der Waals surface area contributed by atoms with Gasteiger partial charge in [-0.1, -0.05) is 454 Å². The Morgan fingerprint density at radius 1 is 0.129 bits per heavy atom. The van der Waals surface area contributed by atoms with Gasteiger partial charge in [0.2, 0.25) is 0 Å². The predicted octanol–water partition coefficient (Wildman–Crippen LogP) is 36.8. The van der Waals surface area contributed by atoms with E-state index < -0.39 is 0 Å². The fourth-order valence-corrected chi connectivity index (χ4v) is 22.3. The van der Waals surface area contributed by atoms with Gasteiger partial charge in [-0.05, 0) is 263 Å². The molecule has 0 aliphatic heterocycles. The van der Waals surface area contributed by atoms with E-state index in [-0.39, 0.29) is 16.2 Å². The van der Waals surface area contributed by atoms with Gasteiger partial charge in [-0.25, -0.2) is 29.9 Å². The SMILES string of the molecule is CC1(C)c2cc(-c3cccc(-c4cccc(-c5cc(-c6ccccc6)nc(-c6ccccc6)n5)c4)c3)ccc2-c2c1ccc1ccccc21.CC1(C)c2cc(-c3cccc(-c4cccc(-c5cc(-c6ccccc6)nc(-c6ccccc6)n5)c4)c3)ccc2-c2cc3ccccc3cc21.CC1(C)c2cc(-c3cccc(-c4cccc(-c5nc(-c6ccccc6)cc(-c6ccccc6)n5)c4)c3)ccc2-c2cc3ccccc3cc21. The minimum absolute atomic E-state index is 0.0780. The summed E-state index contributed by atoms with van der Waals surface area (Å²) in [7, 11) is 0. The van der Waals surface area contributed by atoms with Gasteiger partial charge < -0.3 is 0 Å². The number of benzene rings is 21. The Hall–Kier alpha value is -18.4. The highest BCUT2D eigenvalue weighted by Crippen LogP contribution is 2.56. The first-order chi connectivity index (χ1) is 72.0. The van der Waals surface area contributed by atoms with Crippen LogP contribution in [0, 0.1) is 0 Å². The van der Waals surface area contributed by atoms with Crippen LogP contribution in [0.2, 0.25) is 0 Å². The van der Waals surface area contributed by atoms with E-state index in [9.17, 15) is 0 Å². The summed E-state index contributed by atoms with van der Waals surface area (Å²) in [6.07, 6.45) is 0. The summed E-state index contributed by atoms with van der Waals surface area (Å²) in [6, 6.07) is 182. The summed E-state index contributed by atoms with van der Waals surface area (Å²) < 4.78 is 0. The van der Waals surface area contributed by atoms with Gasteiger partial charge in [0.1, 0.15) is 0 Å². The van der Waals surface area contributed by atoms with Crippen LogP contribution in [0.4, 0.5) is 0 Å². The van der Waals surface area contributed by atoms with Crippen molar-refractivity contribution in [1.29, 1.82) is 0 Å². The molecule has 0 radical (unpaired) electrons. The van der Waals surface area contributed by atoms with Gasteiger partial charge in [0.05, 0.1) is 34.2 Å². The molecule has 0 saturated heterocycles. The van der Waals surface area contributed by atoms with Crippen LogP contribution in [0.1, 0.15) is 74.9 Å². The molecule has 0 spiro atoms. The van der Waals surface area contributed by atoms with Crippen molar-refractivity contribution in [3.05, 3.63) is 543 Å². The molecule has 3 aliphatic carbocycles. The second kappa shape index (κ2) is 37.5. The van der Waals surface area contributed by atoms with Gasteiger partial charge >= 0.3 is 0 Å². The van der Waals surface area contributed by atoms with Crippen molar-refractivity contribution in [1.82, 2.24) is 29.9 Å². The highest BCUT2D eigenvalue weighted by molar-refractivity contribution is 6.04. The maximum atomic E-state index is 5.07. The second-order valence-corrected chi connectivity index (χ2v) is 40.4. The molecule has 3 heterocycles. The van der Waals surface area contributed by atoms with Gasteiger partial charge in [0, 0.05) is 66.3 Å². The van der Waals surface area contributed by atoms with E-state index in [0.29, 0.717) is 5.82 Å². The molecule has 0 bridgehead atoms. The van der Waals surface area contributed by atoms with E-state index in [1.54, 1.807) is 0 Å². The molecule has 6 nitrogen and oxygen atoms in total. The molecule has 696 valence electrons. The van der Waals surface area contributed by atoms with E-state index in [4.69, 9.17) is 29.9 Å². The number of aromatic nitrogens is 6. The maximum absolute atomic E-state index is 5.07. The molecule has 27 rings (SSSR count). The monoisotopic (exact) mass is 1880 g/mol. The Bertz CT molecular complexity index is 8680. The van der Waals surface area contributed by atoms with Crippen molar-refractivity contribution >= 4 is 32.3 Å². The lowest BCUT2D eigenvalue weighted by Gasteiger charge is -2.22. The van der Waals surface area contributed by atoms with Crippen LogP contribution >= 0.6 is 0 Å². The molecule has 24 aromatic rings. The number of hydrogen-bond acceptors (Lipinski definition) is 6. The summed E-state index contributed by atoms with van der Waals surface area (Å²) in [6.45, 7) is 14.1. The maximum Gasteiger partial charge on any atom is 0.160 e. The molecule has 147 heavy (non-hydrogen) atoms. The van der Waals surface area contributed by atoms with Crippen LogP contribution in [0.25, 0.3) is 234 Å². The highest BCUT2D eigenvalue weighted by atomic mass is 14.9. The minimum atomic E-state index is -0.0798. The van der Waals surface area contributed by atoms with Gasteiger partial charge in [0.25, 0.3) is 0 Å². The van der Waals surface area contributed by atoms with E-state index in [2.05, 4.69) is 490 Å². The Morgan fingerprint density at radius 3 is 0.694 bits per heavy atom. The Balaban J connectivity index is 0.000000115. The molecular weight excluding hydrogens is 1780 g/mol. The molecule has 3 aliphatic rings. The first-order valence-electron chi connectivity index (χ1n) is 50.7. The molecular formula is C141H102N6. The van der Waals surface area contributed by atoms with Crippen LogP contribution < -0.4 is 0 Å². The summed E-state index contributed by atoms with van der Waals surface area (Å²) >= 11 is 0. The van der Waals surface area contributed by atoms with Crippen LogP contribution in [-0.4, -0.2) is 29.9 Å². The van der Waals surface area contributed by atoms with Crippen molar-refractivity contribution < 1.29 is 0 Å². The third kappa shape index (κ3) is 17.2. The molecule has 0 amide bonds. The van der Waals surface area contributed by atoms with Crippen LogP contribution in [0.5, 0.6) is 0 Å². The fraction of sp³-hybridized carbons (Fsp3) is 0.0638. The zero-order valence-electron chi connectivity index (χ0n) is 82.7. The van der Waals surface area contributed by atoms with Crippen LogP contribution in [0.3, 0.4) is 0 Å². The van der Waals surface area contributed by atoms with E-state index in [0.717, 1.165) is 118 Å². The van der Waals surface area contributed by atoms with Gasteiger partial charge in [0.15, 0.2) is 17.5 Å². The topological polar surface area (TPSA) is 77.3 Å². The zero-order valence-corrected chi connectivity index (χ0v) is 82.7. The lowest BCUT2D eigenvalue weighted by Crippen LogP contribution is -2.15. The number of nitrogens with zero attached hydrogens (tertiary/aromatic N) is 6. The minimum Gasteiger partial charge on any atom is -0.228 e. The summed E-state index contributed by atoms with van der Waals surface area (Å²) in [4.78, 5) is 30.2. The largest absolute Gasteiger partial charge is 0.228 e. The zero-order chi connectivity index (χ0) is 98.9. The molecule has 3 aromatic heterocycles. The van der Waals surface area contributed by atoms with Crippen molar-refractivity contribution in [2.24, 2.45) is 0 Å². The molecule has 0 fully saturated rings. The van der Waals surface area contributed by atoms with Crippen molar-refractivity contribution in [3.63, 3.8) is 0 Å². The normalized spacial score (nSPS) is 12.9.